The zero-order chi connectivity index (χ0) is 21.4. The van der Waals surface area contributed by atoms with Crippen LogP contribution in [0.5, 0.6) is 0 Å². The molecule has 2 amide bonds. The van der Waals surface area contributed by atoms with Crippen molar-refractivity contribution >= 4 is 23.4 Å². The third-order valence-corrected chi connectivity index (χ3v) is 6.61. The van der Waals surface area contributed by atoms with Crippen molar-refractivity contribution in [3.63, 3.8) is 0 Å². The summed E-state index contributed by atoms with van der Waals surface area (Å²) in [6.07, 6.45) is 1.74. The average molecular weight is 441 g/mol. The average Bonchev–Trinajstić information content (AvgIpc) is 2.65. The second-order valence-corrected chi connectivity index (χ2v) is 9.36. The maximum Gasteiger partial charge on any atom is 0.254 e. The number of hydrogen-bond donors (Lipinski definition) is 4. The number of carbonyl (C=O) groups is 2. The highest BCUT2D eigenvalue weighted by Gasteiger charge is 2.69. The molecule has 4 fully saturated rings. The lowest BCUT2D eigenvalue weighted by Gasteiger charge is -2.70. The van der Waals surface area contributed by atoms with Gasteiger partial charge in [-0.05, 0) is 49.8 Å². The number of benzene rings is 1. The van der Waals surface area contributed by atoms with Gasteiger partial charge < -0.3 is 21.3 Å². The summed E-state index contributed by atoms with van der Waals surface area (Å²) in [5.74, 6) is -0.135. The molecule has 3 aliphatic carbocycles. The fourth-order valence-corrected chi connectivity index (χ4v) is 5.16. The van der Waals surface area contributed by atoms with Crippen LogP contribution in [0.4, 0.5) is 8.78 Å². The van der Waals surface area contributed by atoms with Crippen molar-refractivity contribution in [2.24, 2.45) is 0 Å². The molecule has 0 radical (unpaired) electrons. The van der Waals surface area contributed by atoms with Crippen molar-refractivity contribution in [2.45, 2.75) is 68.1 Å². The molecule has 0 spiro atoms. The van der Waals surface area contributed by atoms with Crippen LogP contribution < -0.4 is 21.3 Å². The Morgan fingerprint density at radius 3 is 2.50 bits per heavy atom. The zero-order valence-electron chi connectivity index (χ0n) is 16.6. The number of nitrogens with one attached hydrogen (secondary N) is 4. The lowest BCUT2D eigenvalue weighted by Crippen LogP contribution is -2.84. The molecular formula is C21H27ClF2N4O2. The SMILES string of the molecule is O=C(CCCc1cccc(Cl)c1)NC12CC(NC(=O)C3CNC(C(F)F)CN3)(C1)C2. The maximum atomic E-state index is 12.7. The van der Waals surface area contributed by atoms with E-state index < -0.39 is 18.5 Å². The summed E-state index contributed by atoms with van der Waals surface area (Å²) in [5, 5.41) is 12.5. The second kappa shape index (κ2) is 8.40. The minimum atomic E-state index is -2.45. The largest absolute Gasteiger partial charge is 0.350 e. The highest BCUT2D eigenvalue weighted by Crippen LogP contribution is 2.60. The van der Waals surface area contributed by atoms with Crippen molar-refractivity contribution < 1.29 is 18.4 Å². The van der Waals surface area contributed by atoms with Crippen LogP contribution >= 0.6 is 11.6 Å². The molecule has 1 aliphatic heterocycles. The number of aryl methyl sites for hydroxylation is 1. The van der Waals surface area contributed by atoms with Crippen molar-refractivity contribution in [2.75, 3.05) is 13.1 Å². The Hall–Kier alpha value is -1.77. The number of alkyl halides is 2. The predicted octanol–water partition coefficient (Wildman–Crippen LogP) is 1.77. The Bertz CT molecular complexity index is 794. The summed E-state index contributed by atoms with van der Waals surface area (Å²) in [7, 11) is 0. The maximum absolute atomic E-state index is 12.7. The molecule has 5 rings (SSSR count). The first kappa shape index (κ1) is 21.5. The van der Waals surface area contributed by atoms with Gasteiger partial charge in [0.1, 0.15) is 0 Å². The standard InChI is InChI=1S/C21H27ClF2N4O2/c22-14-5-1-3-13(7-14)4-2-6-17(29)27-20-10-21(11-20,12-20)28-19(30)16-9-25-15(8-26-16)18(23)24/h1,3,5,7,15-16,18,25-26H,2,4,6,8-12H2,(H,27,29)(H,28,30). The van der Waals surface area contributed by atoms with Crippen LogP contribution in [-0.4, -0.2) is 54.5 Å². The Morgan fingerprint density at radius 2 is 1.87 bits per heavy atom. The van der Waals surface area contributed by atoms with E-state index in [9.17, 15) is 18.4 Å². The molecule has 164 valence electrons. The van der Waals surface area contributed by atoms with E-state index in [1.807, 2.05) is 24.3 Å². The molecular weight excluding hydrogens is 414 g/mol. The van der Waals surface area contributed by atoms with Crippen LogP contribution in [0.2, 0.25) is 5.02 Å². The van der Waals surface area contributed by atoms with E-state index in [1.54, 1.807) is 0 Å². The highest BCUT2D eigenvalue weighted by molar-refractivity contribution is 6.30. The molecule has 1 aromatic carbocycles. The Kier molecular flexibility index (Phi) is 6.01. The van der Waals surface area contributed by atoms with Gasteiger partial charge in [0, 0.05) is 35.6 Å². The Morgan fingerprint density at radius 1 is 1.13 bits per heavy atom. The van der Waals surface area contributed by atoms with Crippen LogP contribution in [0.1, 0.15) is 37.7 Å². The van der Waals surface area contributed by atoms with Crippen molar-refractivity contribution in [1.29, 1.82) is 0 Å². The van der Waals surface area contributed by atoms with E-state index in [-0.39, 0.29) is 36.0 Å². The molecule has 6 nitrogen and oxygen atoms in total. The molecule has 1 heterocycles. The summed E-state index contributed by atoms with van der Waals surface area (Å²) in [5.41, 5.74) is 0.666. The molecule has 3 saturated carbocycles. The van der Waals surface area contributed by atoms with Crippen LogP contribution in [0.25, 0.3) is 0 Å². The summed E-state index contributed by atoms with van der Waals surface area (Å²) >= 11 is 5.98. The van der Waals surface area contributed by atoms with Gasteiger partial charge >= 0.3 is 0 Å². The first-order valence-electron chi connectivity index (χ1n) is 10.4. The molecule has 2 bridgehead atoms. The van der Waals surface area contributed by atoms with E-state index >= 15 is 0 Å². The molecule has 1 aromatic rings. The van der Waals surface area contributed by atoms with Gasteiger partial charge in [-0.2, -0.15) is 0 Å². The molecule has 0 aromatic heterocycles. The van der Waals surface area contributed by atoms with Crippen LogP contribution in [0.3, 0.4) is 0 Å². The molecule has 1 saturated heterocycles. The van der Waals surface area contributed by atoms with Gasteiger partial charge in [0.2, 0.25) is 11.8 Å². The smallest absolute Gasteiger partial charge is 0.254 e. The number of halogens is 3. The van der Waals surface area contributed by atoms with Gasteiger partial charge in [-0.25, -0.2) is 8.78 Å². The Balaban J connectivity index is 1.14. The molecule has 9 heteroatoms. The lowest BCUT2D eigenvalue weighted by molar-refractivity contribution is -0.150. The third-order valence-electron chi connectivity index (χ3n) is 6.37. The number of hydrogen-bond acceptors (Lipinski definition) is 4. The first-order valence-corrected chi connectivity index (χ1v) is 10.8. The Labute approximate surface area is 179 Å². The lowest BCUT2D eigenvalue weighted by atomic mass is 9.44. The minimum absolute atomic E-state index is 0.0350. The van der Waals surface area contributed by atoms with Crippen LogP contribution in [-0.2, 0) is 16.0 Å². The third kappa shape index (κ3) is 4.60. The number of carbonyl (C=O) groups excluding carboxylic acids is 2. The predicted molar refractivity (Wildman–Crippen MR) is 110 cm³/mol. The van der Waals surface area contributed by atoms with E-state index in [4.69, 9.17) is 11.6 Å². The highest BCUT2D eigenvalue weighted by atomic mass is 35.5. The summed E-state index contributed by atoms with van der Waals surface area (Å²) in [6, 6.07) is 6.23. The van der Waals surface area contributed by atoms with Crippen molar-refractivity contribution in [3.05, 3.63) is 34.9 Å². The van der Waals surface area contributed by atoms with E-state index in [2.05, 4.69) is 21.3 Å². The first-order chi connectivity index (χ1) is 14.3. The molecule has 30 heavy (non-hydrogen) atoms. The van der Waals surface area contributed by atoms with Crippen molar-refractivity contribution in [3.8, 4) is 0 Å². The molecule has 2 atom stereocenters. The number of rotatable bonds is 8. The summed E-state index contributed by atoms with van der Waals surface area (Å²) in [4.78, 5) is 24.7. The van der Waals surface area contributed by atoms with Gasteiger partial charge in [-0.1, -0.05) is 23.7 Å². The summed E-state index contributed by atoms with van der Waals surface area (Å²) in [6.45, 7) is 0.253. The van der Waals surface area contributed by atoms with Gasteiger partial charge in [0.15, 0.2) is 0 Å². The van der Waals surface area contributed by atoms with Gasteiger partial charge in [0.25, 0.3) is 6.43 Å². The second-order valence-electron chi connectivity index (χ2n) is 8.92. The van der Waals surface area contributed by atoms with Crippen LogP contribution in [0, 0.1) is 0 Å². The van der Waals surface area contributed by atoms with E-state index in [0.717, 1.165) is 37.7 Å². The van der Waals surface area contributed by atoms with E-state index in [1.165, 1.54) is 0 Å². The molecule has 4 N–H and O–H groups in total. The quantitative estimate of drug-likeness (QED) is 0.496. The fourth-order valence-electron chi connectivity index (χ4n) is 4.95. The van der Waals surface area contributed by atoms with Crippen LogP contribution in [0.15, 0.2) is 24.3 Å². The number of piperazine rings is 1. The van der Waals surface area contributed by atoms with Gasteiger partial charge in [-0.15, -0.1) is 0 Å². The topological polar surface area (TPSA) is 82.3 Å². The van der Waals surface area contributed by atoms with E-state index in [0.29, 0.717) is 11.4 Å². The fraction of sp³-hybridized carbons (Fsp3) is 0.619. The zero-order valence-corrected chi connectivity index (χ0v) is 17.4. The molecule has 4 aliphatic rings. The number of amides is 2. The van der Waals surface area contributed by atoms with Crippen molar-refractivity contribution in [1.82, 2.24) is 21.3 Å². The van der Waals surface area contributed by atoms with Gasteiger partial charge in [-0.3, -0.25) is 9.59 Å². The minimum Gasteiger partial charge on any atom is -0.350 e. The summed E-state index contributed by atoms with van der Waals surface area (Å²) < 4.78 is 25.3. The monoisotopic (exact) mass is 440 g/mol. The normalized spacial score (nSPS) is 32.1. The van der Waals surface area contributed by atoms with Gasteiger partial charge in [0.05, 0.1) is 12.1 Å². The molecule has 2 unspecified atom stereocenters.